The van der Waals surface area contributed by atoms with Crippen LogP contribution in [0.4, 0.5) is 0 Å². The van der Waals surface area contributed by atoms with Gasteiger partial charge in [-0.2, -0.15) is 0 Å². The van der Waals surface area contributed by atoms with Crippen molar-refractivity contribution in [3.63, 3.8) is 0 Å². The Labute approximate surface area is 166 Å². The molecule has 2 spiro atoms. The second kappa shape index (κ2) is 4.78. The number of ketones is 1. The third kappa shape index (κ3) is 1.44. The highest BCUT2D eigenvalue weighted by Crippen LogP contribution is 2.65. The number of benzene rings is 4. The van der Waals surface area contributed by atoms with Gasteiger partial charge in [0.2, 0.25) is 5.78 Å². The molecule has 0 radical (unpaired) electrons. The number of fused-ring (bicyclic) bond motifs is 7. The van der Waals surface area contributed by atoms with Gasteiger partial charge in [-0.1, -0.05) is 84.9 Å². The Kier molecular flexibility index (Phi) is 2.50. The molecular weight excluding hydrogens is 360 g/mol. The van der Waals surface area contributed by atoms with Crippen LogP contribution in [-0.2, 0) is 16.0 Å². The van der Waals surface area contributed by atoms with Gasteiger partial charge in [-0.05, 0) is 27.6 Å². The van der Waals surface area contributed by atoms with Crippen LogP contribution >= 0.6 is 0 Å². The molecule has 4 aromatic rings. The standard InChI is InChI=1S/C25H14N2O2/c28-23-18-11-5-7-15-8-6-14-21(22(15)18)25(23)24(26-27-29-25)19-12-3-1-9-16(19)17-10-2-4-13-20(17)24/h1-14H. The third-order valence-corrected chi connectivity index (χ3v) is 6.65. The van der Waals surface area contributed by atoms with Crippen LogP contribution < -0.4 is 0 Å². The van der Waals surface area contributed by atoms with Crippen molar-refractivity contribution in [1.29, 1.82) is 0 Å². The van der Waals surface area contributed by atoms with Gasteiger partial charge in [0.25, 0.3) is 5.60 Å². The lowest BCUT2D eigenvalue weighted by Crippen LogP contribution is -2.49. The van der Waals surface area contributed by atoms with Crippen molar-refractivity contribution in [1.82, 2.24) is 0 Å². The SMILES string of the molecule is O=C1c2cccc3cccc(c23)C12ON=NC21c2ccccc2-c2ccccc21. The molecule has 7 rings (SSSR count). The van der Waals surface area contributed by atoms with E-state index in [0.717, 1.165) is 38.6 Å². The van der Waals surface area contributed by atoms with Crippen molar-refractivity contribution in [2.24, 2.45) is 10.4 Å². The summed E-state index contributed by atoms with van der Waals surface area (Å²) in [7, 11) is 0. The lowest BCUT2D eigenvalue weighted by molar-refractivity contribution is -0.0269. The molecule has 3 aliphatic rings. The topological polar surface area (TPSA) is 51.0 Å². The quantitative estimate of drug-likeness (QED) is 0.405. The van der Waals surface area contributed by atoms with Gasteiger partial charge in [0.15, 0.2) is 5.54 Å². The number of Topliss-reactive ketones (excluding diaryl/α,β-unsaturated/α-hetero) is 1. The number of rotatable bonds is 0. The Morgan fingerprint density at radius 1 is 0.655 bits per heavy atom. The summed E-state index contributed by atoms with van der Waals surface area (Å²) in [6.07, 6.45) is 0. The fourth-order valence-corrected chi connectivity index (χ4v) is 5.56. The van der Waals surface area contributed by atoms with Crippen LogP contribution in [0.1, 0.15) is 27.0 Å². The lowest BCUT2D eigenvalue weighted by Gasteiger charge is -2.35. The minimum absolute atomic E-state index is 0.0826. The Morgan fingerprint density at radius 3 is 1.97 bits per heavy atom. The zero-order valence-electron chi connectivity index (χ0n) is 15.3. The van der Waals surface area contributed by atoms with E-state index >= 15 is 0 Å². The molecule has 4 nitrogen and oxygen atoms in total. The van der Waals surface area contributed by atoms with Gasteiger partial charge >= 0.3 is 0 Å². The zero-order chi connectivity index (χ0) is 19.2. The summed E-state index contributed by atoms with van der Waals surface area (Å²) < 4.78 is 0. The molecule has 0 fully saturated rings. The minimum atomic E-state index is -1.33. The van der Waals surface area contributed by atoms with Gasteiger partial charge in [-0.25, -0.2) is 0 Å². The van der Waals surface area contributed by atoms with Crippen molar-refractivity contribution in [2.45, 2.75) is 11.1 Å². The highest BCUT2D eigenvalue weighted by molar-refractivity contribution is 6.21. The molecule has 0 saturated carbocycles. The summed E-state index contributed by atoms with van der Waals surface area (Å²) in [6, 6.07) is 28.1. The Bertz CT molecular complexity index is 1370. The van der Waals surface area contributed by atoms with Crippen molar-refractivity contribution in [3.8, 4) is 11.1 Å². The van der Waals surface area contributed by atoms with E-state index in [0.29, 0.717) is 5.56 Å². The molecule has 0 aromatic heterocycles. The Balaban J connectivity index is 1.68. The first-order chi connectivity index (χ1) is 14.3. The molecule has 2 aliphatic carbocycles. The average molecular weight is 374 g/mol. The molecule has 1 aliphatic heterocycles. The number of hydrogen-bond donors (Lipinski definition) is 0. The average Bonchev–Trinajstić information content (AvgIpc) is 3.39. The molecule has 4 heteroatoms. The first-order valence-electron chi connectivity index (χ1n) is 9.66. The van der Waals surface area contributed by atoms with Crippen LogP contribution in [-0.4, -0.2) is 5.78 Å². The molecule has 1 atom stereocenters. The lowest BCUT2D eigenvalue weighted by atomic mass is 9.69. The predicted molar refractivity (Wildman–Crippen MR) is 109 cm³/mol. The summed E-state index contributed by atoms with van der Waals surface area (Å²) in [6.45, 7) is 0. The van der Waals surface area contributed by atoms with Gasteiger partial charge in [0, 0.05) is 21.8 Å². The molecule has 0 amide bonds. The Morgan fingerprint density at radius 2 is 1.24 bits per heavy atom. The third-order valence-electron chi connectivity index (χ3n) is 6.65. The maximum Gasteiger partial charge on any atom is 0.262 e. The van der Waals surface area contributed by atoms with E-state index in [-0.39, 0.29) is 5.78 Å². The van der Waals surface area contributed by atoms with E-state index in [4.69, 9.17) is 4.84 Å². The largest absolute Gasteiger partial charge is 0.356 e. The number of carbonyl (C=O) groups excluding carboxylic acids is 1. The van der Waals surface area contributed by atoms with E-state index in [1.165, 1.54) is 0 Å². The fourth-order valence-electron chi connectivity index (χ4n) is 5.56. The van der Waals surface area contributed by atoms with E-state index in [1.807, 2.05) is 72.8 Å². The van der Waals surface area contributed by atoms with Crippen LogP contribution in [0.5, 0.6) is 0 Å². The van der Waals surface area contributed by atoms with Crippen molar-refractivity contribution >= 4 is 16.6 Å². The molecule has 0 saturated heterocycles. The number of hydrogen-bond acceptors (Lipinski definition) is 4. The van der Waals surface area contributed by atoms with E-state index < -0.39 is 11.1 Å². The van der Waals surface area contributed by atoms with Crippen molar-refractivity contribution in [2.75, 3.05) is 0 Å². The smallest absolute Gasteiger partial charge is 0.262 e. The van der Waals surface area contributed by atoms with Crippen LogP contribution in [0.2, 0.25) is 0 Å². The summed E-state index contributed by atoms with van der Waals surface area (Å²) in [5, 5.41) is 10.7. The van der Waals surface area contributed by atoms with Gasteiger partial charge in [0.05, 0.1) is 0 Å². The minimum Gasteiger partial charge on any atom is -0.356 e. The summed E-state index contributed by atoms with van der Waals surface area (Å²) in [5.74, 6) is -0.0826. The van der Waals surface area contributed by atoms with Crippen molar-refractivity contribution in [3.05, 3.63) is 107 Å². The van der Waals surface area contributed by atoms with Crippen LogP contribution in [0, 0.1) is 0 Å². The first kappa shape index (κ1) is 15.2. The van der Waals surface area contributed by atoms with Crippen LogP contribution in [0.15, 0.2) is 95.3 Å². The van der Waals surface area contributed by atoms with Gasteiger partial charge in [-0.3, -0.25) is 4.79 Å². The zero-order valence-corrected chi connectivity index (χ0v) is 15.3. The highest BCUT2D eigenvalue weighted by atomic mass is 16.7. The first-order valence-corrected chi connectivity index (χ1v) is 9.66. The van der Waals surface area contributed by atoms with Gasteiger partial charge in [-0.15, -0.1) is 5.11 Å². The molecule has 136 valence electrons. The van der Waals surface area contributed by atoms with E-state index in [1.54, 1.807) is 0 Å². The fraction of sp³-hybridized carbons (Fsp3) is 0.0800. The normalized spacial score (nSPS) is 21.7. The molecule has 1 heterocycles. The number of carbonyl (C=O) groups is 1. The highest BCUT2D eigenvalue weighted by Gasteiger charge is 2.71. The second-order valence-corrected chi connectivity index (χ2v) is 7.79. The second-order valence-electron chi connectivity index (χ2n) is 7.79. The molecule has 29 heavy (non-hydrogen) atoms. The Hall–Kier alpha value is -3.79. The molecule has 1 unspecified atom stereocenters. The molecule has 4 aromatic carbocycles. The monoisotopic (exact) mass is 374 g/mol. The molecular formula is C25H14N2O2. The summed E-state index contributed by atoms with van der Waals surface area (Å²) in [5.41, 5.74) is 3.20. The van der Waals surface area contributed by atoms with E-state index in [2.05, 4.69) is 22.5 Å². The van der Waals surface area contributed by atoms with Crippen molar-refractivity contribution < 1.29 is 9.63 Å². The molecule has 0 N–H and O–H groups in total. The maximum absolute atomic E-state index is 14.0. The predicted octanol–water partition coefficient (Wildman–Crippen LogP) is 5.55. The maximum atomic E-state index is 14.0. The van der Waals surface area contributed by atoms with Crippen LogP contribution in [0.25, 0.3) is 21.9 Å². The van der Waals surface area contributed by atoms with Gasteiger partial charge in [0.1, 0.15) is 0 Å². The summed E-state index contributed by atoms with van der Waals surface area (Å²) >= 11 is 0. The molecule has 0 bridgehead atoms. The van der Waals surface area contributed by atoms with Crippen LogP contribution in [0.3, 0.4) is 0 Å². The van der Waals surface area contributed by atoms with Gasteiger partial charge < -0.3 is 4.84 Å². The number of nitrogens with zero attached hydrogens (tertiary/aromatic N) is 2. The van der Waals surface area contributed by atoms with E-state index in [9.17, 15) is 4.79 Å². The summed E-state index contributed by atoms with van der Waals surface area (Å²) in [4.78, 5) is 20.1.